The Bertz CT molecular complexity index is 346. The molecule has 1 aromatic rings. The number of rotatable bonds is 8. The normalized spacial score (nSPS) is 18.1. The van der Waals surface area contributed by atoms with Gasteiger partial charge < -0.3 is 10.1 Å². The summed E-state index contributed by atoms with van der Waals surface area (Å²) in [4.78, 5) is 0. The van der Waals surface area contributed by atoms with Gasteiger partial charge in [0.15, 0.2) is 0 Å². The van der Waals surface area contributed by atoms with Gasteiger partial charge in [-0.2, -0.15) is 0 Å². The van der Waals surface area contributed by atoms with Gasteiger partial charge in [0, 0.05) is 19.2 Å². The third-order valence-electron chi connectivity index (χ3n) is 4.15. The minimum absolute atomic E-state index is 0.327. The van der Waals surface area contributed by atoms with Crippen LogP contribution < -0.4 is 5.32 Å². The van der Waals surface area contributed by atoms with Crippen molar-refractivity contribution in [2.75, 3.05) is 13.2 Å². The maximum absolute atomic E-state index is 5.89. The number of hydrogen-bond acceptors (Lipinski definition) is 2. The lowest BCUT2D eigenvalue weighted by Gasteiger charge is -2.24. The highest BCUT2D eigenvalue weighted by Crippen LogP contribution is 2.17. The summed E-state index contributed by atoms with van der Waals surface area (Å²) in [6.07, 6.45) is 9.45. The summed E-state index contributed by atoms with van der Waals surface area (Å²) < 4.78 is 5.89. The van der Waals surface area contributed by atoms with Crippen molar-refractivity contribution < 1.29 is 4.74 Å². The highest BCUT2D eigenvalue weighted by molar-refractivity contribution is 5.14. The molecule has 112 valence electrons. The lowest BCUT2D eigenvalue weighted by molar-refractivity contribution is 0.0613. The van der Waals surface area contributed by atoms with E-state index in [2.05, 4.69) is 42.6 Å². The van der Waals surface area contributed by atoms with E-state index in [1.807, 2.05) is 0 Å². The van der Waals surface area contributed by atoms with Crippen molar-refractivity contribution in [2.45, 2.75) is 64.0 Å². The van der Waals surface area contributed by atoms with Crippen LogP contribution in [0.5, 0.6) is 0 Å². The topological polar surface area (TPSA) is 21.3 Å². The molecule has 1 aliphatic carbocycles. The Hall–Kier alpha value is -0.860. The van der Waals surface area contributed by atoms with Crippen molar-refractivity contribution in [3.8, 4) is 0 Å². The summed E-state index contributed by atoms with van der Waals surface area (Å²) in [5.41, 5.74) is 1.41. The molecule has 2 nitrogen and oxygen atoms in total. The molecule has 0 amide bonds. The van der Waals surface area contributed by atoms with Crippen molar-refractivity contribution in [2.24, 2.45) is 0 Å². The highest BCUT2D eigenvalue weighted by Gasteiger charge is 2.13. The summed E-state index contributed by atoms with van der Waals surface area (Å²) in [6, 6.07) is 11.4. The van der Waals surface area contributed by atoms with E-state index in [1.165, 1.54) is 37.7 Å². The summed E-state index contributed by atoms with van der Waals surface area (Å²) in [5.74, 6) is 0. The van der Waals surface area contributed by atoms with Crippen molar-refractivity contribution in [3.63, 3.8) is 0 Å². The van der Waals surface area contributed by atoms with E-state index in [9.17, 15) is 0 Å². The van der Waals surface area contributed by atoms with Gasteiger partial charge in [-0.3, -0.25) is 0 Å². The minimum Gasteiger partial charge on any atom is -0.377 e. The van der Waals surface area contributed by atoms with Crippen LogP contribution in [0.1, 0.15) is 51.0 Å². The molecule has 20 heavy (non-hydrogen) atoms. The SMILES string of the molecule is CC(CNC1CCCCC1)OCCCc1ccccc1. The fourth-order valence-corrected chi connectivity index (χ4v) is 2.90. The van der Waals surface area contributed by atoms with E-state index in [1.54, 1.807) is 0 Å². The Morgan fingerprint density at radius 2 is 1.90 bits per heavy atom. The Morgan fingerprint density at radius 1 is 1.15 bits per heavy atom. The number of nitrogens with one attached hydrogen (secondary N) is 1. The average molecular weight is 275 g/mol. The van der Waals surface area contributed by atoms with Crippen LogP contribution in [-0.2, 0) is 11.2 Å². The van der Waals surface area contributed by atoms with Crippen molar-refractivity contribution >= 4 is 0 Å². The fraction of sp³-hybridized carbons (Fsp3) is 0.667. The minimum atomic E-state index is 0.327. The van der Waals surface area contributed by atoms with Gasteiger partial charge in [0.2, 0.25) is 0 Å². The van der Waals surface area contributed by atoms with Crippen LogP contribution in [-0.4, -0.2) is 25.3 Å². The molecule has 1 N–H and O–H groups in total. The molecule has 1 saturated carbocycles. The predicted octanol–water partition coefficient (Wildman–Crippen LogP) is 3.95. The van der Waals surface area contributed by atoms with Gasteiger partial charge in [-0.05, 0) is 38.2 Å². The van der Waals surface area contributed by atoms with E-state index < -0.39 is 0 Å². The summed E-state index contributed by atoms with van der Waals surface area (Å²) >= 11 is 0. The molecule has 2 rings (SSSR count). The van der Waals surface area contributed by atoms with Gasteiger partial charge in [0.05, 0.1) is 6.10 Å². The first-order valence-electron chi connectivity index (χ1n) is 8.23. The van der Waals surface area contributed by atoms with Crippen LogP contribution in [0.3, 0.4) is 0 Å². The molecule has 1 aliphatic rings. The molecule has 0 aromatic heterocycles. The van der Waals surface area contributed by atoms with Gasteiger partial charge in [0.1, 0.15) is 0 Å². The smallest absolute Gasteiger partial charge is 0.0671 e. The Labute approximate surface area is 123 Å². The molecule has 2 heteroatoms. The maximum Gasteiger partial charge on any atom is 0.0671 e. The van der Waals surface area contributed by atoms with Crippen molar-refractivity contribution in [1.29, 1.82) is 0 Å². The van der Waals surface area contributed by atoms with Crippen molar-refractivity contribution in [3.05, 3.63) is 35.9 Å². The Kier molecular flexibility index (Phi) is 7.10. The molecule has 0 spiro atoms. The van der Waals surface area contributed by atoms with E-state index in [4.69, 9.17) is 4.74 Å². The molecular weight excluding hydrogens is 246 g/mol. The molecule has 0 radical (unpaired) electrons. The number of aryl methyl sites for hydroxylation is 1. The summed E-state index contributed by atoms with van der Waals surface area (Å²) in [7, 11) is 0. The highest BCUT2D eigenvalue weighted by atomic mass is 16.5. The van der Waals surface area contributed by atoms with E-state index in [0.29, 0.717) is 6.10 Å². The zero-order chi connectivity index (χ0) is 14.0. The van der Waals surface area contributed by atoms with Gasteiger partial charge in [-0.1, -0.05) is 49.6 Å². The van der Waals surface area contributed by atoms with Gasteiger partial charge in [-0.25, -0.2) is 0 Å². The Morgan fingerprint density at radius 3 is 2.65 bits per heavy atom. The molecule has 1 fully saturated rings. The first kappa shape index (κ1) is 15.5. The summed E-state index contributed by atoms with van der Waals surface area (Å²) in [6.45, 7) is 4.04. The number of benzene rings is 1. The molecule has 1 atom stereocenters. The predicted molar refractivity (Wildman–Crippen MR) is 85.1 cm³/mol. The fourth-order valence-electron chi connectivity index (χ4n) is 2.90. The average Bonchev–Trinajstić information content (AvgIpc) is 2.52. The lowest BCUT2D eigenvalue weighted by Crippen LogP contribution is -2.36. The Balaban J connectivity index is 1.50. The molecular formula is C18H29NO. The second-order valence-corrected chi connectivity index (χ2v) is 6.01. The molecule has 1 unspecified atom stereocenters. The van der Waals surface area contributed by atoms with Crippen LogP contribution >= 0.6 is 0 Å². The zero-order valence-corrected chi connectivity index (χ0v) is 12.8. The second kappa shape index (κ2) is 9.15. The third-order valence-corrected chi connectivity index (χ3v) is 4.15. The summed E-state index contributed by atoms with van der Waals surface area (Å²) in [5, 5.41) is 3.65. The van der Waals surface area contributed by atoms with E-state index in [0.717, 1.165) is 32.0 Å². The monoisotopic (exact) mass is 275 g/mol. The zero-order valence-electron chi connectivity index (χ0n) is 12.8. The van der Waals surface area contributed by atoms with E-state index in [-0.39, 0.29) is 0 Å². The van der Waals surface area contributed by atoms with Gasteiger partial charge in [-0.15, -0.1) is 0 Å². The number of ether oxygens (including phenoxy) is 1. The standard InChI is InChI=1S/C18H29NO/c1-16(15-19-18-12-6-3-7-13-18)20-14-8-11-17-9-4-2-5-10-17/h2,4-5,9-10,16,18-19H,3,6-8,11-15H2,1H3. The lowest BCUT2D eigenvalue weighted by atomic mass is 9.95. The molecule has 0 bridgehead atoms. The first-order chi connectivity index (χ1) is 9.84. The quantitative estimate of drug-likeness (QED) is 0.725. The third kappa shape index (κ3) is 6.06. The largest absolute Gasteiger partial charge is 0.377 e. The maximum atomic E-state index is 5.89. The van der Waals surface area contributed by atoms with E-state index >= 15 is 0 Å². The molecule has 0 aliphatic heterocycles. The second-order valence-electron chi connectivity index (χ2n) is 6.01. The number of hydrogen-bond donors (Lipinski definition) is 1. The van der Waals surface area contributed by atoms with Gasteiger partial charge in [0.25, 0.3) is 0 Å². The molecule has 1 aromatic carbocycles. The van der Waals surface area contributed by atoms with Crippen LogP contribution in [0.4, 0.5) is 0 Å². The molecule has 0 saturated heterocycles. The van der Waals surface area contributed by atoms with Crippen molar-refractivity contribution in [1.82, 2.24) is 5.32 Å². The van der Waals surface area contributed by atoms with Gasteiger partial charge >= 0.3 is 0 Å². The van der Waals surface area contributed by atoms with Crippen LogP contribution in [0.25, 0.3) is 0 Å². The van der Waals surface area contributed by atoms with Crippen LogP contribution in [0.2, 0.25) is 0 Å². The first-order valence-corrected chi connectivity index (χ1v) is 8.23. The van der Waals surface area contributed by atoms with Crippen LogP contribution in [0, 0.1) is 0 Å². The molecule has 0 heterocycles. The van der Waals surface area contributed by atoms with Crippen LogP contribution in [0.15, 0.2) is 30.3 Å².